The average Bonchev–Trinajstić information content (AvgIpc) is 2.72. The highest BCUT2D eigenvalue weighted by molar-refractivity contribution is 5.69. The normalized spacial score (nSPS) is 12.2. The molecule has 1 unspecified atom stereocenters. The van der Waals surface area contributed by atoms with Gasteiger partial charge in [-0.1, -0.05) is 129 Å². The van der Waals surface area contributed by atoms with Crippen LogP contribution in [0.2, 0.25) is 0 Å². The minimum absolute atomic E-state index is 0.151. The first kappa shape index (κ1) is 28.4. The summed E-state index contributed by atoms with van der Waals surface area (Å²) in [5, 5.41) is 9.67. The Kier molecular flexibility index (Phi) is 23.2. The molecule has 0 aliphatic rings. The van der Waals surface area contributed by atoms with E-state index < -0.39 is 6.10 Å². The first-order valence-corrected chi connectivity index (χ1v) is 13.0. The van der Waals surface area contributed by atoms with Crippen molar-refractivity contribution in [1.29, 1.82) is 0 Å². The maximum Gasteiger partial charge on any atom is 0.305 e. The molecule has 174 valence electrons. The van der Waals surface area contributed by atoms with Gasteiger partial charge < -0.3 is 9.84 Å². The Labute approximate surface area is 182 Å². The fraction of sp³-hybridized carbons (Fsp3) is 0.962. The summed E-state index contributed by atoms with van der Waals surface area (Å²) in [5.74, 6) is -0.151. The second-order valence-electron chi connectivity index (χ2n) is 8.89. The van der Waals surface area contributed by atoms with Crippen LogP contribution in [0.3, 0.4) is 0 Å². The topological polar surface area (TPSA) is 46.5 Å². The number of aliphatic hydroxyl groups is 1. The molecule has 0 heterocycles. The van der Waals surface area contributed by atoms with Gasteiger partial charge in [0.1, 0.15) is 6.61 Å². The lowest BCUT2D eigenvalue weighted by Crippen LogP contribution is -2.18. The first-order valence-electron chi connectivity index (χ1n) is 13.0. The van der Waals surface area contributed by atoms with Crippen LogP contribution >= 0.6 is 0 Å². The molecule has 3 heteroatoms. The van der Waals surface area contributed by atoms with E-state index in [1.165, 1.54) is 96.3 Å². The monoisotopic (exact) mass is 412 g/mol. The lowest BCUT2D eigenvalue weighted by molar-refractivity contribution is -0.146. The van der Waals surface area contributed by atoms with Crippen molar-refractivity contribution in [3.05, 3.63) is 0 Å². The van der Waals surface area contributed by atoms with Gasteiger partial charge in [0.15, 0.2) is 0 Å². The molecular weight excluding hydrogens is 360 g/mol. The highest BCUT2D eigenvalue weighted by Crippen LogP contribution is 2.14. The van der Waals surface area contributed by atoms with Crippen molar-refractivity contribution in [2.45, 2.75) is 155 Å². The van der Waals surface area contributed by atoms with E-state index in [1.807, 2.05) is 0 Å². The van der Waals surface area contributed by atoms with Crippen molar-refractivity contribution in [3.63, 3.8) is 0 Å². The summed E-state index contributed by atoms with van der Waals surface area (Å²) < 4.78 is 5.14. The van der Waals surface area contributed by atoms with E-state index in [0.717, 1.165) is 32.1 Å². The number of rotatable bonds is 23. The molecule has 1 N–H and O–H groups in total. The SMILES string of the molecule is CCCCCCCCCCCCCCCCCCCC(=O)OCC(O)CCCC. The quantitative estimate of drug-likeness (QED) is 0.136. The predicted octanol–water partition coefficient (Wildman–Crippen LogP) is 8.12. The Bertz CT molecular complexity index is 330. The molecule has 0 saturated heterocycles. The zero-order valence-corrected chi connectivity index (χ0v) is 19.9. The highest BCUT2D eigenvalue weighted by Gasteiger charge is 2.08. The van der Waals surface area contributed by atoms with Gasteiger partial charge in [-0.15, -0.1) is 0 Å². The van der Waals surface area contributed by atoms with E-state index in [-0.39, 0.29) is 12.6 Å². The van der Waals surface area contributed by atoms with E-state index >= 15 is 0 Å². The molecule has 0 aromatic rings. The van der Waals surface area contributed by atoms with Crippen LogP contribution < -0.4 is 0 Å². The number of esters is 1. The average molecular weight is 413 g/mol. The maximum absolute atomic E-state index is 11.6. The molecule has 0 amide bonds. The van der Waals surface area contributed by atoms with Gasteiger partial charge in [-0.2, -0.15) is 0 Å². The Hall–Kier alpha value is -0.570. The van der Waals surface area contributed by atoms with E-state index in [0.29, 0.717) is 6.42 Å². The summed E-state index contributed by atoms with van der Waals surface area (Å²) in [6, 6.07) is 0. The maximum atomic E-state index is 11.6. The summed E-state index contributed by atoms with van der Waals surface area (Å²) in [7, 11) is 0. The smallest absolute Gasteiger partial charge is 0.305 e. The van der Waals surface area contributed by atoms with Gasteiger partial charge in [0, 0.05) is 6.42 Å². The molecular formula is C26H52O3. The third-order valence-corrected chi connectivity index (χ3v) is 5.81. The van der Waals surface area contributed by atoms with Crippen molar-refractivity contribution in [3.8, 4) is 0 Å². The molecule has 0 aromatic heterocycles. The first-order chi connectivity index (χ1) is 14.2. The number of carbonyl (C=O) groups is 1. The highest BCUT2D eigenvalue weighted by atomic mass is 16.5. The summed E-state index contributed by atoms with van der Waals surface area (Å²) >= 11 is 0. The lowest BCUT2D eigenvalue weighted by atomic mass is 10.0. The van der Waals surface area contributed by atoms with Crippen molar-refractivity contribution < 1.29 is 14.6 Å². The Morgan fingerprint density at radius 3 is 1.41 bits per heavy atom. The molecule has 0 aliphatic carbocycles. The van der Waals surface area contributed by atoms with Crippen LogP contribution in [0.5, 0.6) is 0 Å². The van der Waals surface area contributed by atoms with Gasteiger partial charge >= 0.3 is 5.97 Å². The van der Waals surface area contributed by atoms with Gasteiger partial charge in [-0.05, 0) is 12.8 Å². The van der Waals surface area contributed by atoms with Gasteiger partial charge in [0.05, 0.1) is 6.10 Å². The van der Waals surface area contributed by atoms with Crippen LogP contribution in [0.1, 0.15) is 149 Å². The number of ether oxygens (including phenoxy) is 1. The molecule has 0 radical (unpaired) electrons. The standard InChI is InChI=1S/C26H52O3/c1-3-5-7-8-9-10-11-12-13-14-15-16-17-18-19-20-21-23-26(28)29-24-25(27)22-6-4-2/h25,27H,3-24H2,1-2H3. The van der Waals surface area contributed by atoms with Crippen LogP contribution in [0, 0.1) is 0 Å². The molecule has 29 heavy (non-hydrogen) atoms. The molecule has 0 saturated carbocycles. The van der Waals surface area contributed by atoms with Gasteiger partial charge in [0.25, 0.3) is 0 Å². The van der Waals surface area contributed by atoms with E-state index in [2.05, 4.69) is 13.8 Å². The van der Waals surface area contributed by atoms with Crippen LogP contribution in [-0.4, -0.2) is 23.8 Å². The van der Waals surface area contributed by atoms with E-state index in [4.69, 9.17) is 4.74 Å². The van der Waals surface area contributed by atoms with Crippen LogP contribution in [-0.2, 0) is 9.53 Å². The molecule has 0 bridgehead atoms. The third kappa shape index (κ3) is 23.6. The molecule has 0 fully saturated rings. The molecule has 1 atom stereocenters. The minimum atomic E-state index is -0.491. The van der Waals surface area contributed by atoms with Crippen LogP contribution in [0.15, 0.2) is 0 Å². The van der Waals surface area contributed by atoms with Gasteiger partial charge in [0.2, 0.25) is 0 Å². The van der Waals surface area contributed by atoms with Crippen LogP contribution in [0.25, 0.3) is 0 Å². The van der Waals surface area contributed by atoms with Crippen molar-refractivity contribution in [1.82, 2.24) is 0 Å². The zero-order chi connectivity index (χ0) is 21.4. The molecule has 0 rings (SSSR count). The Morgan fingerprint density at radius 2 is 1.00 bits per heavy atom. The number of carbonyl (C=O) groups excluding carboxylic acids is 1. The lowest BCUT2D eigenvalue weighted by Gasteiger charge is -2.10. The molecule has 0 aliphatic heterocycles. The summed E-state index contributed by atoms with van der Waals surface area (Å²) in [6.45, 7) is 4.54. The van der Waals surface area contributed by atoms with E-state index in [9.17, 15) is 9.90 Å². The van der Waals surface area contributed by atoms with E-state index in [1.54, 1.807) is 0 Å². The van der Waals surface area contributed by atoms with Crippen molar-refractivity contribution in [2.75, 3.05) is 6.61 Å². The fourth-order valence-corrected chi connectivity index (χ4v) is 3.78. The number of unbranched alkanes of at least 4 members (excludes halogenated alkanes) is 17. The Morgan fingerprint density at radius 1 is 0.621 bits per heavy atom. The third-order valence-electron chi connectivity index (χ3n) is 5.81. The van der Waals surface area contributed by atoms with Gasteiger partial charge in [-0.3, -0.25) is 4.79 Å². The fourth-order valence-electron chi connectivity index (χ4n) is 3.78. The van der Waals surface area contributed by atoms with Crippen molar-refractivity contribution in [2.24, 2.45) is 0 Å². The summed E-state index contributed by atoms with van der Waals surface area (Å²) in [5.41, 5.74) is 0. The molecule has 3 nitrogen and oxygen atoms in total. The molecule has 0 spiro atoms. The van der Waals surface area contributed by atoms with Crippen molar-refractivity contribution >= 4 is 5.97 Å². The van der Waals surface area contributed by atoms with Gasteiger partial charge in [-0.25, -0.2) is 0 Å². The number of aliphatic hydroxyl groups excluding tert-OH is 1. The second-order valence-corrected chi connectivity index (χ2v) is 8.89. The number of hydrogen-bond acceptors (Lipinski definition) is 3. The second kappa shape index (κ2) is 23.7. The zero-order valence-electron chi connectivity index (χ0n) is 19.9. The predicted molar refractivity (Wildman–Crippen MR) is 125 cm³/mol. The number of hydrogen-bond donors (Lipinski definition) is 1. The van der Waals surface area contributed by atoms with Crippen LogP contribution in [0.4, 0.5) is 0 Å². The minimum Gasteiger partial charge on any atom is -0.463 e. The molecule has 0 aromatic carbocycles. The Balaban J connectivity index is 3.17. The largest absolute Gasteiger partial charge is 0.463 e. The summed E-state index contributed by atoms with van der Waals surface area (Å²) in [4.78, 5) is 11.6. The summed E-state index contributed by atoms with van der Waals surface area (Å²) in [6.07, 6.45) is 25.7.